The van der Waals surface area contributed by atoms with Gasteiger partial charge in [-0.1, -0.05) is 0 Å². The van der Waals surface area contributed by atoms with Gasteiger partial charge in [-0.3, -0.25) is 4.79 Å². The van der Waals surface area contributed by atoms with E-state index in [1.807, 2.05) is 30.9 Å². The van der Waals surface area contributed by atoms with Crippen LogP contribution in [-0.4, -0.2) is 47.7 Å². The molecule has 1 atom stereocenters. The van der Waals surface area contributed by atoms with Gasteiger partial charge < -0.3 is 14.4 Å². The van der Waals surface area contributed by atoms with E-state index in [1.165, 1.54) is 0 Å². The Bertz CT molecular complexity index is 565. The highest BCUT2D eigenvalue weighted by molar-refractivity contribution is 5.85. The smallest absolute Gasteiger partial charge is 0.254 e. The van der Waals surface area contributed by atoms with Crippen LogP contribution in [0.15, 0.2) is 18.3 Å². The second kappa shape index (κ2) is 6.48. The Kier molecular flexibility index (Phi) is 4.57. The zero-order valence-electron chi connectivity index (χ0n) is 14.2. The van der Waals surface area contributed by atoms with Crippen LogP contribution in [0.4, 0.5) is 0 Å². The zero-order chi connectivity index (χ0) is 16.4. The van der Waals surface area contributed by atoms with Crippen LogP contribution in [0.2, 0.25) is 0 Å². The Morgan fingerprint density at radius 1 is 1.30 bits per heavy atom. The van der Waals surface area contributed by atoms with E-state index in [-0.39, 0.29) is 12.0 Å². The standard InChI is InChI=1S/C18H26N2O3/c1-13-6-9-19-16(12-13)23-15-7-10-20(11-8-15)17(21)18(2,22-3)14-4-5-14/h6,9,12,14-15H,4-5,7-8,10-11H2,1-3H3. The molecule has 0 N–H and O–H groups in total. The number of hydrogen-bond donors (Lipinski definition) is 0. The molecular weight excluding hydrogens is 292 g/mol. The topological polar surface area (TPSA) is 51.7 Å². The maximum absolute atomic E-state index is 12.8. The van der Waals surface area contributed by atoms with Crippen LogP contribution in [0.3, 0.4) is 0 Å². The molecule has 0 radical (unpaired) electrons. The lowest BCUT2D eigenvalue weighted by Gasteiger charge is -2.37. The molecule has 3 rings (SSSR count). The summed E-state index contributed by atoms with van der Waals surface area (Å²) in [5.74, 6) is 1.19. The number of aromatic nitrogens is 1. The summed E-state index contributed by atoms with van der Waals surface area (Å²) in [6.07, 6.45) is 5.76. The van der Waals surface area contributed by atoms with Crippen molar-refractivity contribution in [3.63, 3.8) is 0 Å². The number of piperidine rings is 1. The van der Waals surface area contributed by atoms with Crippen LogP contribution in [0, 0.1) is 12.8 Å². The monoisotopic (exact) mass is 318 g/mol. The molecule has 0 spiro atoms. The first-order chi connectivity index (χ1) is 11.0. The number of pyridine rings is 1. The van der Waals surface area contributed by atoms with Gasteiger partial charge in [0.25, 0.3) is 5.91 Å². The van der Waals surface area contributed by atoms with Gasteiger partial charge in [-0.15, -0.1) is 0 Å². The Labute approximate surface area is 138 Å². The quantitative estimate of drug-likeness (QED) is 0.837. The third-order valence-corrected chi connectivity index (χ3v) is 5.11. The number of amides is 1. The minimum atomic E-state index is -0.647. The van der Waals surface area contributed by atoms with Gasteiger partial charge in [-0.2, -0.15) is 0 Å². The van der Waals surface area contributed by atoms with Crippen molar-refractivity contribution in [2.45, 2.75) is 51.2 Å². The lowest BCUT2D eigenvalue weighted by Crippen LogP contribution is -2.53. The molecule has 2 aliphatic rings. The Morgan fingerprint density at radius 2 is 2.00 bits per heavy atom. The predicted octanol–water partition coefficient (Wildman–Crippen LogP) is 2.57. The summed E-state index contributed by atoms with van der Waals surface area (Å²) in [7, 11) is 1.65. The van der Waals surface area contributed by atoms with Crippen LogP contribution in [-0.2, 0) is 9.53 Å². The van der Waals surface area contributed by atoms with Gasteiger partial charge in [0, 0.05) is 45.3 Å². The largest absolute Gasteiger partial charge is 0.474 e. The van der Waals surface area contributed by atoms with E-state index in [0.29, 0.717) is 11.8 Å². The van der Waals surface area contributed by atoms with Gasteiger partial charge in [0.1, 0.15) is 11.7 Å². The molecule has 126 valence electrons. The van der Waals surface area contributed by atoms with Crippen LogP contribution < -0.4 is 4.74 Å². The summed E-state index contributed by atoms with van der Waals surface area (Å²) in [4.78, 5) is 19.0. The van der Waals surface area contributed by atoms with Gasteiger partial charge in [0.05, 0.1) is 0 Å². The fraction of sp³-hybridized carbons (Fsp3) is 0.667. The van der Waals surface area contributed by atoms with E-state index in [9.17, 15) is 4.79 Å². The van der Waals surface area contributed by atoms with Gasteiger partial charge >= 0.3 is 0 Å². The molecular formula is C18H26N2O3. The summed E-state index contributed by atoms with van der Waals surface area (Å²) in [5.41, 5.74) is 0.495. The van der Waals surface area contributed by atoms with E-state index >= 15 is 0 Å². The Morgan fingerprint density at radius 3 is 2.57 bits per heavy atom. The number of carbonyl (C=O) groups is 1. The van der Waals surface area contributed by atoms with Gasteiger partial charge in [-0.25, -0.2) is 4.98 Å². The maximum Gasteiger partial charge on any atom is 0.254 e. The fourth-order valence-corrected chi connectivity index (χ4v) is 3.30. The first-order valence-corrected chi connectivity index (χ1v) is 8.47. The number of likely N-dealkylation sites (tertiary alicyclic amines) is 1. The number of nitrogens with zero attached hydrogens (tertiary/aromatic N) is 2. The van der Waals surface area contributed by atoms with Gasteiger partial charge in [0.2, 0.25) is 5.88 Å². The fourth-order valence-electron chi connectivity index (χ4n) is 3.30. The molecule has 23 heavy (non-hydrogen) atoms. The molecule has 2 heterocycles. The minimum Gasteiger partial charge on any atom is -0.474 e. The third-order valence-electron chi connectivity index (χ3n) is 5.11. The maximum atomic E-state index is 12.8. The van der Waals surface area contributed by atoms with Crippen molar-refractivity contribution in [2.24, 2.45) is 5.92 Å². The molecule has 1 saturated heterocycles. The molecule has 1 unspecified atom stereocenters. The van der Waals surface area contributed by atoms with Crippen LogP contribution in [0.25, 0.3) is 0 Å². The third kappa shape index (κ3) is 3.50. The lowest BCUT2D eigenvalue weighted by molar-refractivity contribution is -0.157. The molecule has 1 aliphatic carbocycles. The molecule has 1 aromatic heterocycles. The van der Waals surface area contributed by atoms with Crippen molar-refractivity contribution in [3.8, 4) is 5.88 Å². The van der Waals surface area contributed by atoms with Crippen molar-refractivity contribution in [1.82, 2.24) is 9.88 Å². The highest BCUT2D eigenvalue weighted by Crippen LogP contribution is 2.42. The zero-order valence-corrected chi connectivity index (χ0v) is 14.2. The van der Waals surface area contributed by atoms with Gasteiger partial charge in [0.15, 0.2) is 0 Å². The highest BCUT2D eigenvalue weighted by Gasteiger charge is 2.49. The van der Waals surface area contributed by atoms with Crippen molar-refractivity contribution < 1.29 is 14.3 Å². The highest BCUT2D eigenvalue weighted by atomic mass is 16.5. The first-order valence-electron chi connectivity index (χ1n) is 8.47. The normalized spacial score (nSPS) is 21.8. The number of aryl methyl sites for hydroxylation is 1. The summed E-state index contributed by atoms with van der Waals surface area (Å²) < 4.78 is 11.5. The van der Waals surface area contributed by atoms with Crippen molar-refractivity contribution >= 4 is 5.91 Å². The molecule has 1 aliphatic heterocycles. The number of rotatable bonds is 5. The van der Waals surface area contributed by atoms with E-state index in [0.717, 1.165) is 44.3 Å². The molecule has 0 aromatic carbocycles. The Balaban J connectivity index is 1.55. The number of carbonyl (C=O) groups excluding carboxylic acids is 1. The SMILES string of the molecule is COC(C)(C(=O)N1CCC(Oc2cc(C)ccn2)CC1)C1CC1. The average molecular weight is 318 g/mol. The van der Waals surface area contributed by atoms with Crippen molar-refractivity contribution in [2.75, 3.05) is 20.2 Å². The molecule has 1 aromatic rings. The number of methoxy groups -OCH3 is 1. The molecule has 0 bridgehead atoms. The van der Waals surface area contributed by atoms with E-state index in [4.69, 9.17) is 9.47 Å². The van der Waals surface area contributed by atoms with E-state index in [2.05, 4.69) is 4.98 Å². The predicted molar refractivity (Wildman–Crippen MR) is 87.3 cm³/mol. The van der Waals surface area contributed by atoms with Gasteiger partial charge in [-0.05, 0) is 44.2 Å². The number of ether oxygens (including phenoxy) is 2. The van der Waals surface area contributed by atoms with Crippen LogP contribution in [0.1, 0.15) is 38.2 Å². The average Bonchev–Trinajstić information content (AvgIpc) is 3.39. The first kappa shape index (κ1) is 16.2. The number of hydrogen-bond acceptors (Lipinski definition) is 4. The second-order valence-corrected chi connectivity index (χ2v) is 6.87. The molecule has 5 nitrogen and oxygen atoms in total. The molecule has 1 saturated carbocycles. The Hall–Kier alpha value is -1.62. The lowest BCUT2D eigenvalue weighted by atomic mass is 9.96. The molecule has 5 heteroatoms. The summed E-state index contributed by atoms with van der Waals surface area (Å²) in [6, 6.07) is 3.91. The summed E-state index contributed by atoms with van der Waals surface area (Å²) in [6.45, 7) is 5.41. The summed E-state index contributed by atoms with van der Waals surface area (Å²) in [5, 5.41) is 0. The van der Waals surface area contributed by atoms with Crippen LogP contribution in [0.5, 0.6) is 5.88 Å². The van der Waals surface area contributed by atoms with Crippen molar-refractivity contribution in [3.05, 3.63) is 23.9 Å². The van der Waals surface area contributed by atoms with E-state index < -0.39 is 5.60 Å². The minimum absolute atomic E-state index is 0.128. The van der Waals surface area contributed by atoms with Crippen LogP contribution >= 0.6 is 0 Å². The summed E-state index contributed by atoms with van der Waals surface area (Å²) >= 11 is 0. The van der Waals surface area contributed by atoms with Crippen molar-refractivity contribution in [1.29, 1.82) is 0 Å². The molecule has 2 fully saturated rings. The molecule has 1 amide bonds. The second-order valence-electron chi connectivity index (χ2n) is 6.87. The van der Waals surface area contributed by atoms with E-state index in [1.54, 1.807) is 13.3 Å².